The minimum atomic E-state index is 0.168. The number of nitrogens with zero attached hydrogens (tertiary/aromatic N) is 1. The fourth-order valence-corrected chi connectivity index (χ4v) is 1.71. The van der Waals surface area contributed by atoms with Gasteiger partial charge in [0.15, 0.2) is 5.13 Å². The van der Waals surface area contributed by atoms with E-state index in [1.165, 1.54) is 0 Å². The Morgan fingerprint density at radius 3 is 3.15 bits per heavy atom. The van der Waals surface area contributed by atoms with E-state index in [-0.39, 0.29) is 6.04 Å². The molecule has 0 spiro atoms. The van der Waals surface area contributed by atoms with Crippen molar-refractivity contribution in [1.82, 2.24) is 4.98 Å². The minimum absolute atomic E-state index is 0.168. The van der Waals surface area contributed by atoms with Crippen LogP contribution < -0.4 is 5.32 Å². The molecule has 1 atom stereocenters. The van der Waals surface area contributed by atoms with Gasteiger partial charge in [-0.25, -0.2) is 4.98 Å². The second-order valence-electron chi connectivity index (χ2n) is 2.72. The molecule has 0 fully saturated rings. The molecule has 0 saturated heterocycles. The van der Waals surface area contributed by atoms with Crippen LogP contribution in [0.15, 0.2) is 34.4 Å². The maximum atomic E-state index is 5.26. The lowest BCUT2D eigenvalue weighted by Crippen LogP contribution is -2.04. The van der Waals surface area contributed by atoms with E-state index in [4.69, 9.17) is 4.42 Å². The van der Waals surface area contributed by atoms with Crippen LogP contribution in [0.2, 0.25) is 0 Å². The van der Waals surface area contributed by atoms with Gasteiger partial charge in [0.2, 0.25) is 0 Å². The van der Waals surface area contributed by atoms with Gasteiger partial charge in [0, 0.05) is 11.6 Å². The van der Waals surface area contributed by atoms with Gasteiger partial charge in [-0.1, -0.05) is 0 Å². The van der Waals surface area contributed by atoms with Crippen LogP contribution in [-0.4, -0.2) is 4.98 Å². The summed E-state index contributed by atoms with van der Waals surface area (Å²) >= 11 is 1.58. The summed E-state index contributed by atoms with van der Waals surface area (Å²) < 4.78 is 5.26. The van der Waals surface area contributed by atoms with Crippen molar-refractivity contribution in [3.05, 3.63) is 35.7 Å². The van der Waals surface area contributed by atoms with Gasteiger partial charge in [0.05, 0.1) is 12.3 Å². The van der Waals surface area contributed by atoms with E-state index < -0.39 is 0 Å². The van der Waals surface area contributed by atoms with Gasteiger partial charge < -0.3 is 9.73 Å². The molecule has 3 nitrogen and oxygen atoms in total. The normalized spacial score (nSPS) is 12.7. The molecule has 0 saturated carbocycles. The number of anilines is 1. The number of aromatic nitrogens is 1. The third kappa shape index (κ3) is 1.89. The first-order chi connectivity index (χ1) is 6.36. The average molecular weight is 194 g/mol. The van der Waals surface area contributed by atoms with E-state index in [2.05, 4.69) is 10.3 Å². The monoisotopic (exact) mass is 194 g/mol. The average Bonchev–Trinajstić information content (AvgIpc) is 2.74. The molecule has 1 unspecified atom stereocenters. The molecule has 4 heteroatoms. The molecular weight excluding hydrogens is 184 g/mol. The Kier molecular flexibility index (Phi) is 2.31. The lowest BCUT2D eigenvalue weighted by molar-refractivity contribution is 0.490. The maximum Gasteiger partial charge on any atom is 0.183 e. The first kappa shape index (κ1) is 8.31. The van der Waals surface area contributed by atoms with Crippen LogP contribution in [-0.2, 0) is 0 Å². The van der Waals surface area contributed by atoms with Crippen LogP contribution in [0.5, 0.6) is 0 Å². The Bertz CT molecular complexity index is 342. The number of hydrogen-bond donors (Lipinski definition) is 1. The summed E-state index contributed by atoms with van der Waals surface area (Å²) in [6.45, 7) is 2.04. The fourth-order valence-electron chi connectivity index (χ4n) is 1.09. The van der Waals surface area contributed by atoms with E-state index in [1.807, 2.05) is 24.4 Å². The summed E-state index contributed by atoms with van der Waals surface area (Å²) in [6, 6.07) is 4.00. The summed E-state index contributed by atoms with van der Waals surface area (Å²) in [5, 5.41) is 6.10. The first-order valence-electron chi connectivity index (χ1n) is 4.05. The van der Waals surface area contributed by atoms with Crippen LogP contribution in [0.3, 0.4) is 0 Å². The summed E-state index contributed by atoms with van der Waals surface area (Å²) in [5.74, 6) is 0.926. The highest BCUT2D eigenvalue weighted by Crippen LogP contribution is 2.20. The van der Waals surface area contributed by atoms with Gasteiger partial charge in [0.1, 0.15) is 5.76 Å². The van der Waals surface area contributed by atoms with Gasteiger partial charge in [0.25, 0.3) is 0 Å². The Labute approximate surface area is 80.4 Å². The predicted octanol–water partition coefficient (Wildman–Crippen LogP) is 2.91. The molecule has 0 aliphatic carbocycles. The minimum Gasteiger partial charge on any atom is -0.467 e. The van der Waals surface area contributed by atoms with Gasteiger partial charge in [-0.2, -0.15) is 0 Å². The SMILES string of the molecule is CC(Nc1nccs1)c1ccco1. The highest BCUT2D eigenvalue weighted by atomic mass is 32.1. The Morgan fingerprint density at radius 1 is 1.62 bits per heavy atom. The van der Waals surface area contributed by atoms with Crippen LogP contribution in [0, 0.1) is 0 Å². The van der Waals surface area contributed by atoms with Gasteiger partial charge in [-0.05, 0) is 19.1 Å². The molecule has 68 valence electrons. The van der Waals surface area contributed by atoms with Crippen LogP contribution in [0.1, 0.15) is 18.7 Å². The molecule has 0 aromatic carbocycles. The van der Waals surface area contributed by atoms with Crippen LogP contribution in [0.4, 0.5) is 5.13 Å². The van der Waals surface area contributed by atoms with Crippen LogP contribution in [0.25, 0.3) is 0 Å². The molecule has 1 N–H and O–H groups in total. The summed E-state index contributed by atoms with van der Waals surface area (Å²) in [7, 11) is 0. The molecule has 0 radical (unpaired) electrons. The zero-order chi connectivity index (χ0) is 9.10. The third-order valence-corrected chi connectivity index (χ3v) is 2.45. The zero-order valence-electron chi connectivity index (χ0n) is 7.23. The van der Waals surface area contributed by atoms with Crippen molar-refractivity contribution in [3.63, 3.8) is 0 Å². The molecular formula is C9H10N2OS. The van der Waals surface area contributed by atoms with Crippen molar-refractivity contribution in [2.24, 2.45) is 0 Å². The molecule has 2 rings (SSSR count). The standard InChI is InChI=1S/C9H10N2OS/c1-7(8-3-2-5-12-8)11-9-10-4-6-13-9/h2-7H,1H3,(H,10,11). The quantitative estimate of drug-likeness (QED) is 0.816. The molecule has 2 aromatic heterocycles. The number of furan rings is 1. The van der Waals surface area contributed by atoms with E-state index in [0.717, 1.165) is 10.9 Å². The van der Waals surface area contributed by atoms with Gasteiger partial charge in [-0.15, -0.1) is 11.3 Å². The number of rotatable bonds is 3. The number of thiazole rings is 1. The molecule has 0 amide bonds. The van der Waals surface area contributed by atoms with Crippen LogP contribution >= 0.6 is 11.3 Å². The third-order valence-electron chi connectivity index (χ3n) is 1.74. The lowest BCUT2D eigenvalue weighted by Gasteiger charge is -2.08. The second kappa shape index (κ2) is 3.62. The molecule has 13 heavy (non-hydrogen) atoms. The lowest BCUT2D eigenvalue weighted by atomic mass is 10.3. The van der Waals surface area contributed by atoms with Crippen molar-refractivity contribution < 1.29 is 4.42 Å². The van der Waals surface area contributed by atoms with E-state index >= 15 is 0 Å². The fraction of sp³-hybridized carbons (Fsp3) is 0.222. The molecule has 0 aliphatic heterocycles. The molecule has 2 aromatic rings. The number of nitrogens with one attached hydrogen (secondary N) is 1. The van der Waals surface area contributed by atoms with Gasteiger partial charge >= 0.3 is 0 Å². The largest absolute Gasteiger partial charge is 0.467 e. The highest BCUT2D eigenvalue weighted by molar-refractivity contribution is 7.13. The Balaban J connectivity index is 2.04. The molecule has 0 bridgehead atoms. The van der Waals surface area contributed by atoms with Crippen molar-refractivity contribution in [2.45, 2.75) is 13.0 Å². The Hall–Kier alpha value is -1.29. The highest BCUT2D eigenvalue weighted by Gasteiger charge is 2.08. The number of hydrogen-bond acceptors (Lipinski definition) is 4. The van der Waals surface area contributed by atoms with E-state index in [0.29, 0.717) is 0 Å². The molecule has 2 heterocycles. The Morgan fingerprint density at radius 2 is 2.54 bits per heavy atom. The first-order valence-corrected chi connectivity index (χ1v) is 4.93. The van der Waals surface area contributed by atoms with Crippen molar-refractivity contribution in [1.29, 1.82) is 0 Å². The van der Waals surface area contributed by atoms with E-state index in [9.17, 15) is 0 Å². The van der Waals surface area contributed by atoms with E-state index in [1.54, 1.807) is 23.8 Å². The van der Waals surface area contributed by atoms with Crippen molar-refractivity contribution in [2.75, 3.05) is 5.32 Å². The second-order valence-corrected chi connectivity index (χ2v) is 3.61. The predicted molar refractivity (Wildman–Crippen MR) is 52.9 cm³/mol. The van der Waals surface area contributed by atoms with Crippen molar-refractivity contribution >= 4 is 16.5 Å². The topological polar surface area (TPSA) is 38.1 Å². The zero-order valence-corrected chi connectivity index (χ0v) is 8.04. The maximum absolute atomic E-state index is 5.26. The smallest absolute Gasteiger partial charge is 0.183 e. The summed E-state index contributed by atoms with van der Waals surface area (Å²) in [4.78, 5) is 4.13. The molecule has 0 aliphatic rings. The van der Waals surface area contributed by atoms with Crippen molar-refractivity contribution in [3.8, 4) is 0 Å². The van der Waals surface area contributed by atoms with Gasteiger partial charge in [-0.3, -0.25) is 0 Å². The summed E-state index contributed by atoms with van der Waals surface area (Å²) in [6.07, 6.45) is 3.46. The summed E-state index contributed by atoms with van der Waals surface area (Å²) in [5.41, 5.74) is 0.